The highest BCUT2D eigenvalue weighted by Gasteiger charge is 2.34. The van der Waals surface area contributed by atoms with Crippen LogP contribution >= 0.6 is 0 Å². The molecule has 0 spiro atoms. The number of nitrogens with zero attached hydrogens (tertiary/aromatic N) is 1. The Morgan fingerprint density at radius 2 is 2.14 bits per heavy atom. The largest absolute Gasteiger partial charge is 0.491 e. The van der Waals surface area contributed by atoms with Crippen LogP contribution in [0.25, 0.3) is 0 Å². The maximum atomic E-state index is 5.78. The van der Waals surface area contributed by atoms with Crippen molar-refractivity contribution >= 4 is 0 Å². The minimum absolute atomic E-state index is 0.235. The summed E-state index contributed by atoms with van der Waals surface area (Å²) in [7, 11) is 0. The number of benzene rings is 1. The number of hydrogen-bond acceptors (Lipinski definition) is 3. The van der Waals surface area contributed by atoms with Crippen LogP contribution < -0.4 is 10.1 Å². The lowest BCUT2D eigenvalue weighted by molar-refractivity contribution is 0.180. The summed E-state index contributed by atoms with van der Waals surface area (Å²) in [5.74, 6) is 0.981. The highest BCUT2D eigenvalue weighted by atomic mass is 16.5. The molecule has 2 atom stereocenters. The van der Waals surface area contributed by atoms with E-state index in [-0.39, 0.29) is 6.10 Å². The topological polar surface area (TPSA) is 24.5 Å². The Hall–Kier alpha value is -1.06. The van der Waals surface area contributed by atoms with Crippen LogP contribution in [0.1, 0.15) is 45.1 Å². The molecule has 1 aromatic rings. The lowest BCUT2D eigenvalue weighted by Crippen LogP contribution is -2.44. The molecule has 2 aliphatic rings. The standard InChI is InChI=1S/C18H28N2O/c1-14(2)21-16-7-5-6-15(12-16)13-19-17-9-11-20-10-4-3-8-18(17)20/h5-7,12,14,17-19H,3-4,8-11,13H2,1-2H3. The fourth-order valence-electron chi connectivity index (χ4n) is 3.74. The van der Waals surface area contributed by atoms with E-state index in [4.69, 9.17) is 4.74 Å². The van der Waals surface area contributed by atoms with Crippen LogP contribution in [-0.2, 0) is 6.54 Å². The van der Waals surface area contributed by atoms with Crippen molar-refractivity contribution in [3.05, 3.63) is 29.8 Å². The predicted octanol–water partition coefficient (Wildman–Crippen LogP) is 3.19. The van der Waals surface area contributed by atoms with Gasteiger partial charge in [-0.3, -0.25) is 4.90 Å². The van der Waals surface area contributed by atoms with Gasteiger partial charge in [-0.05, 0) is 57.4 Å². The molecule has 3 rings (SSSR count). The van der Waals surface area contributed by atoms with Gasteiger partial charge in [0.2, 0.25) is 0 Å². The van der Waals surface area contributed by atoms with Gasteiger partial charge in [-0.25, -0.2) is 0 Å². The zero-order chi connectivity index (χ0) is 14.7. The van der Waals surface area contributed by atoms with E-state index in [1.165, 1.54) is 44.3 Å². The first kappa shape index (κ1) is 14.9. The molecule has 1 N–H and O–H groups in total. The van der Waals surface area contributed by atoms with Crippen molar-refractivity contribution < 1.29 is 4.74 Å². The van der Waals surface area contributed by atoms with Crippen molar-refractivity contribution in [3.63, 3.8) is 0 Å². The van der Waals surface area contributed by atoms with Crippen LogP contribution in [0.4, 0.5) is 0 Å². The van der Waals surface area contributed by atoms with Gasteiger partial charge in [0, 0.05) is 25.2 Å². The SMILES string of the molecule is CC(C)Oc1cccc(CNC2CCN3CCCCC23)c1. The Bertz CT molecular complexity index is 460. The first-order chi connectivity index (χ1) is 10.2. The van der Waals surface area contributed by atoms with Crippen LogP contribution in [0.5, 0.6) is 5.75 Å². The van der Waals surface area contributed by atoms with Gasteiger partial charge in [-0.15, -0.1) is 0 Å². The van der Waals surface area contributed by atoms with E-state index < -0.39 is 0 Å². The quantitative estimate of drug-likeness (QED) is 0.900. The number of rotatable bonds is 5. The van der Waals surface area contributed by atoms with E-state index >= 15 is 0 Å². The highest BCUT2D eigenvalue weighted by Crippen LogP contribution is 2.27. The van der Waals surface area contributed by atoms with E-state index in [0.29, 0.717) is 6.04 Å². The fraction of sp³-hybridized carbons (Fsp3) is 0.667. The zero-order valence-corrected chi connectivity index (χ0v) is 13.3. The number of nitrogens with one attached hydrogen (secondary N) is 1. The van der Waals surface area contributed by atoms with Gasteiger partial charge >= 0.3 is 0 Å². The summed E-state index contributed by atoms with van der Waals surface area (Å²) >= 11 is 0. The van der Waals surface area contributed by atoms with Crippen LogP contribution in [0.3, 0.4) is 0 Å². The van der Waals surface area contributed by atoms with Gasteiger partial charge in [0.1, 0.15) is 5.75 Å². The molecule has 2 aliphatic heterocycles. The minimum atomic E-state index is 0.235. The summed E-state index contributed by atoms with van der Waals surface area (Å²) in [6.45, 7) is 7.67. The van der Waals surface area contributed by atoms with Crippen molar-refractivity contribution in [2.45, 2.75) is 64.3 Å². The minimum Gasteiger partial charge on any atom is -0.491 e. The molecular weight excluding hydrogens is 260 g/mol. The van der Waals surface area contributed by atoms with Crippen molar-refractivity contribution in [1.82, 2.24) is 10.2 Å². The summed E-state index contributed by atoms with van der Waals surface area (Å²) in [6.07, 6.45) is 5.69. The summed E-state index contributed by atoms with van der Waals surface area (Å²) in [4.78, 5) is 2.68. The summed E-state index contributed by atoms with van der Waals surface area (Å²) in [5.41, 5.74) is 1.32. The Morgan fingerprint density at radius 3 is 3.00 bits per heavy atom. The molecule has 0 radical (unpaired) electrons. The van der Waals surface area contributed by atoms with Gasteiger partial charge in [0.15, 0.2) is 0 Å². The lowest BCUT2D eigenvalue weighted by atomic mass is 9.99. The molecule has 2 unspecified atom stereocenters. The highest BCUT2D eigenvalue weighted by molar-refractivity contribution is 5.28. The van der Waals surface area contributed by atoms with Crippen molar-refractivity contribution in [2.75, 3.05) is 13.1 Å². The second kappa shape index (κ2) is 6.80. The maximum absolute atomic E-state index is 5.78. The van der Waals surface area contributed by atoms with Gasteiger partial charge in [-0.1, -0.05) is 18.6 Å². The third kappa shape index (κ3) is 3.78. The normalized spacial score (nSPS) is 26.0. The molecule has 116 valence electrons. The molecule has 0 saturated carbocycles. The number of hydrogen-bond donors (Lipinski definition) is 1. The van der Waals surface area contributed by atoms with Gasteiger partial charge in [-0.2, -0.15) is 0 Å². The molecule has 3 heteroatoms. The van der Waals surface area contributed by atoms with Crippen LogP contribution in [-0.4, -0.2) is 36.2 Å². The molecule has 2 heterocycles. The summed E-state index contributed by atoms with van der Waals surface area (Å²) < 4.78 is 5.78. The smallest absolute Gasteiger partial charge is 0.120 e. The molecule has 0 aromatic heterocycles. The monoisotopic (exact) mass is 288 g/mol. The molecule has 0 amide bonds. The zero-order valence-electron chi connectivity index (χ0n) is 13.3. The Morgan fingerprint density at radius 1 is 1.24 bits per heavy atom. The van der Waals surface area contributed by atoms with E-state index in [1.54, 1.807) is 0 Å². The molecule has 2 fully saturated rings. The summed E-state index contributed by atoms with van der Waals surface area (Å²) in [6, 6.07) is 9.93. The van der Waals surface area contributed by atoms with Gasteiger partial charge in [0.05, 0.1) is 6.10 Å². The van der Waals surface area contributed by atoms with Gasteiger partial charge < -0.3 is 10.1 Å². The van der Waals surface area contributed by atoms with Crippen LogP contribution in [0, 0.1) is 0 Å². The van der Waals surface area contributed by atoms with Crippen molar-refractivity contribution in [2.24, 2.45) is 0 Å². The van der Waals surface area contributed by atoms with E-state index in [9.17, 15) is 0 Å². The van der Waals surface area contributed by atoms with Gasteiger partial charge in [0.25, 0.3) is 0 Å². The van der Waals surface area contributed by atoms with E-state index in [1.807, 2.05) is 6.07 Å². The summed E-state index contributed by atoms with van der Waals surface area (Å²) in [5, 5.41) is 3.78. The Kier molecular flexibility index (Phi) is 4.81. The van der Waals surface area contributed by atoms with E-state index in [0.717, 1.165) is 18.3 Å². The predicted molar refractivity (Wildman–Crippen MR) is 86.7 cm³/mol. The van der Waals surface area contributed by atoms with Crippen LogP contribution in [0.15, 0.2) is 24.3 Å². The average Bonchev–Trinajstić information content (AvgIpc) is 2.88. The number of ether oxygens (including phenoxy) is 1. The average molecular weight is 288 g/mol. The molecule has 2 saturated heterocycles. The molecular formula is C18H28N2O. The Labute approximate surface area is 128 Å². The second-order valence-electron chi connectivity index (χ2n) is 6.69. The third-order valence-electron chi connectivity index (χ3n) is 4.69. The van der Waals surface area contributed by atoms with Crippen LogP contribution in [0.2, 0.25) is 0 Å². The molecule has 21 heavy (non-hydrogen) atoms. The lowest BCUT2D eigenvalue weighted by Gasteiger charge is -2.32. The third-order valence-corrected chi connectivity index (χ3v) is 4.69. The molecule has 0 aliphatic carbocycles. The van der Waals surface area contributed by atoms with Crippen molar-refractivity contribution in [1.29, 1.82) is 0 Å². The first-order valence-corrected chi connectivity index (χ1v) is 8.45. The molecule has 0 bridgehead atoms. The van der Waals surface area contributed by atoms with Crippen molar-refractivity contribution in [3.8, 4) is 5.75 Å². The maximum Gasteiger partial charge on any atom is 0.120 e. The fourth-order valence-corrected chi connectivity index (χ4v) is 3.74. The second-order valence-corrected chi connectivity index (χ2v) is 6.69. The number of piperidine rings is 1. The first-order valence-electron chi connectivity index (χ1n) is 8.45. The molecule has 1 aromatic carbocycles. The van der Waals surface area contributed by atoms with E-state index in [2.05, 4.69) is 42.3 Å². The molecule has 3 nitrogen and oxygen atoms in total. The Balaban J connectivity index is 1.55. The number of fused-ring (bicyclic) bond motifs is 1.